The van der Waals surface area contributed by atoms with Gasteiger partial charge in [-0.3, -0.25) is 9.88 Å². The lowest BCUT2D eigenvalue weighted by Gasteiger charge is -2.23. The number of rotatable bonds is 3. The summed E-state index contributed by atoms with van der Waals surface area (Å²) in [5.41, 5.74) is 2.68. The van der Waals surface area contributed by atoms with Crippen LogP contribution in [0, 0.1) is 6.92 Å². The van der Waals surface area contributed by atoms with Gasteiger partial charge in [0.2, 0.25) is 0 Å². The van der Waals surface area contributed by atoms with Crippen molar-refractivity contribution in [3.8, 4) is 0 Å². The minimum absolute atomic E-state index is 0.685. The van der Waals surface area contributed by atoms with Crippen molar-refractivity contribution in [1.82, 2.24) is 15.2 Å². The first-order valence-electron chi connectivity index (χ1n) is 5.58. The van der Waals surface area contributed by atoms with Gasteiger partial charge in [0, 0.05) is 31.5 Å². The van der Waals surface area contributed by atoms with E-state index in [1.165, 1.54) is 17.5 Å². The smallest absolute Gasteiger partial charge is 0.0315 e. The largest absolute Gasteiger partial charge is 0.315 e. The van der Waals surface area contributed by atoms with Crippen molar-refractivity contribution in [3.05, 3.63) is 29.6 Å². The summed E-state index contributed by atoms with van der Waals surface area (Å²) in [6.07, 6.45) is 5.10. The number of aromatic nitrogens is 1. The third kappa shape index (κ3) is 2.55. The maximum atomic E-state index is 4.18. The van der Waals surface area contributed by atoms with Gasteiger partial charge in [0.1, 0.15) is 0 Å². The monoisotopic (exact) mass is 205 g/mol. The molecule has 2 rings (SSSR count). The molecule has 3 heteroatoms. The number of nitrogens with zero attached hydrogens (tertiary/aromatic N) is 2. The fourth-order valence-corrected chi connectivity index (χ4v) is 2.08. The Kier molecular flexibility index (Phi) is 3.34. The van der Waals surface area contributed by atoms with Crippen molar-refractivity contribution in [2.75, 3.05) is 20.1 Å². The standard InChI is InChI=1S/C12H19N3/c1-10-3-5-13-7-11(10)9-15(2)12-4-6-14-8-12/h3,5,7,12,14H,4,6,8-9H2,1-2H3. The first-order chi connectivity index (χ1) is 7.27. The Morgan fingerprint density at radius 3 is 3.13 bits per heavy atom. The van der Waals surface area contributed by atoms with E-state index < -0.39 is 0 Å². The molecule has 0 bridgehead atoms. The van der Waals surface area contributed by atoms with Crippen molar-refractivity contribution >= 4 is 0 Å². The Hall–Kier alpha value is -0.930. The first kappa shape index (κ1) is 10.6. The van der Waals surface area contributed by atoms with Crippen LogP contribution in [0.3, 0.4) is 0 Å². The molecule has 1 aliphatic heterocycles. The summed E-state index contributed by atoms with van der Waals surface area (Å²) in [6, 6.07) is 2.76. The molecule has 1 fully saturated rings. The number of nitrogens with one attached hydrogen (secondary N) is 1. The highest BCUT2D eigenvalue weighted by molar-refractivity contribution is 5.21. The summed E-state index contributed by atoms with van der Waals surface area (Å²) in [5, 5.41) is 3.40. The van der Waals surface area contributed by atoms with Crippen LogP contribution in [-0.4, -0.2) is 36.1 Å². The molecule has 0 spiro atoms. The average Bonchev–Trinajstić information content (AvgIpc) is 2.74. The zero-order valence-electron chi connectivity index (χ0n) is 9.53. The molecule has 0 amide bonds. The van der Waals surface area contributed by atoms with E-state index in [1.807, 2.05) is 12.4 Å². The lowest BCUT2D eigenvalue weighted by molar-refractivity contribution is 0.248. The van der Waals surface area contributed by atoms with Gasteiger partial charge in [-0.2, -0.15) is 0 Å². The van der Waals surface area contributed by atoms with Gasteiger partial charge in [-0.25, -0.2) is 0 Å². The second-order valence-electron chi connectivity index (χ2n) is 4.36. The topological polar surface area (TPSA) is 28.2 Å². The summed E-state index contributed by atoms with van der Waals surface area (Å²) in [7, 11) is 2.20. The van der Waals surface area contributed by atoms with Gasteiger partial charge < -0.3 is 5.32 Å². The Balaban J connectivity index is 1.99. The fourth-order valence-electron chi connectivity index (χ4n) is 2.08. The molecule has 82 valence electrons. The molecule has 0 radical (unpaired) electrons. The van der Waals surface area contributed by atoms with E-state index in [0.717, 1.165) is 19.6 Å². The summed E-state index contributed by atoms with van der Waals surface area (Å²) in [5.74, 6) is 0. The van der Waals surface area contributed by atoms with Crippen LogP contribution < -0.4 is 5.32 Å². The highest BCUT2D eigenvalue weighted by atomic mass is 15.2. The zero-order chi connectivity index (χ0) is 10.7. The van der Waals surface area contributed by atoms with E-state index in [0.29, 0.717) is 6.04 Å². The van der Waals surface area contributed by atoms with E-state index in [9.17, 15) is 0 Å². The SMILES string of the molecule is Cc1ccncc1CN(C)C1CCNC1. The van der Waals surface area contributed by atoms with Crippen molar-refractivity contribution in [3.63, 3.8) is 0 Å². The Labute approximate surface area is 91.5 Å². The van der Waals surface area contributed by atoms with Crippen LogP contribution in [0.5, 0.6) is 0 Å². The lowest BCUT2D eigenvalue weighted by Crippen LogP contribution is -2.33. The van der Waals surface area contributed by atoms with Crippen LogP contribution in [-0.2, 0) is 6.54 Å². The molecule has 0 saturated carbocycles. The van der Waals surface area contributed by atoms with Crippen molar-refractivity contribution in [2.45, 2.75) is 25.9 Å². The minimum atomic E-state index is 0.685. The van der Waals surface area contributed by atoms with Crippen LogP contribution in [0.4, 0.5) is 0 Å². The predicted octanol–water partition coefficient (Wildman–Crippen LogP) is 1.18. The van der Waals surface area contributed by atoms with Crippen LogP contribution in [0.15, 0.2) is 18.5 Å². The van der Waals surface area contributed by atoms with Crippen molar-refractivity contribution in [1.29, 1.82) is 0 Å². The molecule has 2 heterocycles. The predicted molar refractivity (Wildman–Crippen MR) is 61.7 cm³/mol. The summed E-state index contributed by atoms with van der Waals surface area (Å²) < 4.78 is 0. The van der Waals surface area contributed by atoms with Crippen LogP contribution in [0.1, 0.15) is 17.5 Å². The summed E-state index contributed by atoms with van der Waals surface area (Å²) in [4.78, 5) is 6.60. The molecular formula is C12H19N3. The second kappa shape index (κ2) is 4.73. The zero-order valence-corrected chi connectivity index (χ0v) is 9.53. The third-order valence-electron chi connectivity index (χ3n) is 3.22. The molecule has 1 saturated heterocycles. The normalized spacial score (nSPS) is 21.1. The molecule has 1 aromatic rings. The van der Waals surface area contributed by atoms with E-state index in [1.54, 1.807) is 0 Å². The third-order valence-corrected chi connectivity index (χ3v) is 3.22. The van der Waals surface area contributed by atoms with Gasteiger partial charge in [0.05, 0.1) is 0 Å². The maximum Gasteiger partial charge on any atom is 0.0315 e. The molecule has 15 heavy (non-hydrogen) atoms. The number of aryl methyl sites for hydroxylation is 1. The van der Waals surface area contributed by atoms with Crippen LogP contribution in [0.2, 0.25) is 0 Å². The van der Waals surface area contributed by atoms with E-state index in [-0.39, 0.29) is 0 Å². The molecule has 3 nitrogen and oxygen atoms in total. The molecule has 1 aliphatic rings. The molecule has 0 aliphatic carbocycles. The number of hydrogen-bond donors (Lipinski definition) is 1. The Morgan fingerprint density at radius 1 is 1.60 bits per heavy atom. The highest BCUT2D eigenvalue weighted by Crippen LogP contribution is 2.12. The van der Waals surface area contributed by atoms with Gasteiger partial charge in [-0.05, 0) is 44.1 Å². The van der Waals surface area contributed by atoms with Gasteiger partial charge >= 0.3 is 0 Å². The minimum Gasteiger partial charge on any atom is -0.315 e. The van der Waals surface area contributed by atoms with Crippen LogP contribution >= 0.6 is 0 Å². The Morgan fingerprint density at radius 2 is 2.47 bits per heavy atom. The lowest BCUT2D eigenvalue weighted by atomic mass is 10.1. The fraction of sp³-hybridized carbons (Fsp3) is 0.583. The first-order valence-corrected chi connectivity index (χ1v) is 5.58. The quantitative estimate of drug-likeness (QED) is 0.803. The van der Waals surface area contributed by atoms with Gasteiger partial charge in [-0.15, -0.1) is 0 Å². The molecule has 1 unspecified atom stereocenters. The molecular weight excluding hydrogens is 186 g/mol. The van der Waals surface area contributed by atoms with Crippen molar-refractivity contribution in [2.24, 2.45) is 0 Å². The number of pyridine rings is 1. The summed E-state index contributed by atoms with van der Waals surface area (Å²) >= 11 is 0. The second-order valence-corrected chi connectivity index (χ2v) is 4.36. The van der Waals surface area contributed by atoms with Gasteiger partial charge in [0.15, 0.2) is 0 Å². The molecule has 1 atom stereocenters. The van der Waals surface area contributed by atoms with E-state index in [4.69, 9.17) is 0 Å². The number of hydrogen-bond acceptors (Lipinski definition) is 3. The highest BCUT2D eigenvalue weighted by Gasteiger charge is 2.19. The van der Waals surface area contributed by atoms with Gasteiger partial charge in [0.25, 0.3) is 0 Å². The van der Waals surface area contributed by atoms with Crippen LogP contribution in [0.25, 0.3) is 0 Å². The van der Waals surface area contributed by atoms with E-state index in [2.05, 4.69) is 35.2 Å². The van der Waals surface area contributed by atoms with Gasteiger partial charge in [-0.1, -0.05) is 0 Å². The Bertz CT molecular complexity index is 318. The number of likely N-dealkylation sites (N-methyl/N-ethyl adjacent to an activating group) is 1. The molecule has 0 aromatic carbocycles. The van der Waals surface area contributed by atoms with Crippen molar-refractivity contribution < 1.29 is 0 Å². The summed E-state index contributed by atoms with van der Waals surface area (Å²) in [6.45, 7) is 5.43. The maximum absolute atomic E-state index is 4.18. The average molecular weight is 205 g/mol. The van der Waals surface area contributed by atoms with E-state index >= 15 is 0 Å². The molecule has 1 aromatic heterocycles. The molecule has 1 N–H and O–H groups in total.